The van der Waals surface area contributed by atoms with E-state index in [-0.39, 0.29) is 6.04 Å². The van der Waals surface area contributed by atoms with Gasteiger partial charge in [-0.05, 0) is 41.8 Å². The van der Waals surface area contributed by atoms with Gasteiger partial charge in [0.05, 0.1) is 0 Å². The normalized spacial score (nSPS) is 13.3. The van der Waals surface area contributed by atoms with E-state index < -0.39 is 0 Å². The van der Waals surface area contributed by atoms with Gasteiger partial charge in [-0.1, -0.05) is 0 Å². The van der Waals surface area contributed by atoms with Crippen molar-refractivity contribution in [3.63, 3.8) is 0 Å². The first-order chi connectivity index (χ1) is 5.59. The minimum Gasteiger partial charge on any atom is -0.328 e. The van der Waals surface area contributed by atoms with Crippen LogP contribution in [-0.4, -0.2) is 15.8 Å². The van der Waals surface area contributed by atoms with Crippen LogP contribution in [0.4, 0.5) is 0 Å². The lowest BCUT2D eigenvalue weighted by Crippen LogP contribution is -2.16. The lowest BCUT2D eigenvalue weighted by atomic mass is 10.1. The lowest BCUT2D eigenvalue weighted by Gasteiger charge is -2.04. The molecule has 0 aliphatic rings. The summed E-state index contributed by atoms with van der Waals surface area (Å²) in [6.45, 7) is 2.02. The minimum absolute atomic E-state index is 0.263. The molecule has 1 atom stereocenters. The molecule has 0 bridgehead atoms. The summed E-state index contributed by atoms with van der Waals surface area (Å²) in [7, 11) is 1.95. The van der Waals surface area contributed by atoms with Gasteiger partial charge in [0.1, 0.15) is 4.60 Å². The zero-order valence-corrected chi connectivity index (χ0v) is 9.00. The van der Waals surface area contributed by atoms with Gasteiger partial charge in [-0.3, -0.25) is 4.68 Å². The molecule has 0 fully saturated rings. The third kappa shape index (κ3) is 2.60. The maximum Gasteiger partial charge on any atom is 0.128 e. The summed E-state index contributed by atoms with van der Waals surface area (Å²) >= 11 is 3.33. The zero-order valence-electron chi connectivity index (χ0n) is 7.42. The first-order valence-electron chi connectivity index (χ1n) is 4.03. The third-order valence-electron chi connectivity index (χ3n) is 1.80. The molecule has 1 rings (SSSR count). The number of hydrogen-bond acceptors (Lipinski definition) is 2. The summed E-state index contributed by atoms with van der Waals surface area (Å²) in [5.74, 6) is 0. The van der Waals surface area contributed by atoms with Crippen molar-refractivity contribution < 1.29 is 0 Å². The van der Waals surface area contributed by atoms with Crippen molar-refractivity contribution in [2.45, 2.75) is 25.8 Å². The van der Waals surface area contributed by atoms with Crippen LogP contribution in [0.2, 0.25) is 0 Å². The van der Waals surface area contributed by atoms with E-state index in [0.29, 0.717) is 0 Å². The Labute approximate surface area is 81.1 Å². The van der Waals surface area contributed by atoms with E-state index in [9.17, 15) is 0 Å². The van der Waals surface area contributed by atoms with E-state index in [1.165, 1.54) is 5.69 Å². The smallest absolute Gasteiger partial charge is 0.128 e. The quantitative estimate of drug-likeness (QED) is 0.857. The average molecular weight is 232 g/mol. The third-order valence-corrected chi connectivity index (χ3v) is 2.19. The van der Waals surface area contributed by atoms with Gasteiger partial charge in [-0.25, -0.2) is 0 Å². The van der Waals surface area contributed by atoms with Gasteiger partial charge in [-0.2, -0.15) is 5.10 Å². The van der Waals surface area contributed by atoms with Crippen molar-refractivity contribution in [1.29, 1.82) is 0 Å². The first-order valence-corrected chi connectivity index (χ1v) is 4.83. The van der Waals surface area contributed by atoms with Crippen LogP contribution in [-0.2, 0) is 13.5 Å². The van der Waals surface area contributed by atoms with Crippen LogP contribution in [0.15, 0.2) is 10.7 Å². The second-order valence-electron chi connectivity index (χ2n) is 3.10. The molecule has 0 aliphatic heterocycles. The van der Waals surface area contributed by atoms with Crippen LogP contribution < -0.4 is 5.73 Å². The Morgan fingerprint density at radius 3 is 2.83 bits per heavy atom. The summed E-state index contributed by atoms with van der Waals surface area (Å²) in [4.78, 5) is 0. The standard InChI is InChI=1S/C8H14BrN3/c1-6(10)3-4-7-5-8(9)11-12(7)2/h5-6H,3-4,10H2,1-2H3. The fraction of sp³-hybridized carbons (Fsp3) is 0.625. The molecule has 0 aliphatic carbocycles. The van der Waals surface area contributed by atoms with Crippen LogP contribution in [0.1, 0.15) is 19.0 Å². The Kier molecular flexibility index (Phi) is 3.29. The highest BCUT2D eigenvalue weighted by Gasteiger charge is 2.03. The van der Waals surface area contributed by atoms with Gasteiger partial charge in [0.25, 0.3) is 0 Å². The Bertz CT molecular complexity index is 255. The number of aryl methyl sites for hydroxylation is 2. The molecule has 1 aromatic rings. The van der Waals surface area contributed by atoms with E-state index in [0.717, 1.165) is 17.4 Å². The monoisotopic (exact) mass is 231 g/mol. The van der Waals surface area contributed by atoms with E-state index in [1.54, 1.807) is 0 Å². The molecule has 12 heavy (non-hydrogen) atoms. The summed E-state index contributed by atoms with van der Waals surface area (Å²) in [6.07, 6.45) is 2.00. The SMILES string of the molecule is CC(N)CCc1cc(Br)nn1C. The molecular weight excluding hydrogens is 218 g/mol. The molecule has 0 saturated carbocycles. The predicted molar refractivity (Wildman–Crippen MR) is 52.9 cm³/mol. The number of aromatic nitrogens is 2. The van der Waals surface area contributed by atoms with Crippen LogP contribution in [0.5, 0.6) is 0 Å². The Balaban J connectivity index is 2.57. The molecule has 4 heteroatoms. The number of rotatable bonds is 3. The molecule has 2 N–H and O–H groups in total. The number of halogens is 1. The Hall–Kier alpha value is -0.350. The predicted octanol–water partition coefficient (Wildman–Crippen LogP) is 1.46. The van der Waals surface area contributed by atoms with Gasteiger partial charge in [0.15, 0.2) is 0 Å². The highest BCUT2D eigenvalue weighted by molar-refractivity contribution is 9.10. The molecule has 1 heterocycles. The van der Waals surface area contributed by atoms with Gasteiger partial charge in [0, 0.05) is 18.8 Å². The molecule has 3 nitrogen and oxygen atoms in total. The molecule has 0 radical (unpaired) electrons. The summed E-state index contributed by atoms with van der Waals surface area (Å²) < 4.78 is 2.77. The van der Waals surface area contributed by atoms with E-state index in [2.05, 4.69) is 21.0 Å². The van der Waals surface area contributed by atoms with Crippen LogP contribution >= 0.6 is 15.9 Å². The van der Waals surface area contributed by atoms with E-state index >= 15 is 0 Å². The maximum absolute atomic E-state index is 5.66. The molecule has 0 aromatic carbocycles. The number of nitrogens with zero attached hydrogens (tertiary/aromatic N) is 2. The van der Waals surface area contributed by atoms with Gasteiger partial charge in [0.2, 0.25) is 0 Å². The topological polar surface area (TPSA) is 43.8 Å². The van der Waals surface area contributed by atoms with Gasteiger partial charge in [-0.15, -0.1) is 0 Å². The Morgan fingerprint density at radius 1 is 1.75 bits per heavy atom. The van der Waals surface area contributed by atoms with Crippen molar-refractivity contribution in [1.82, 2.24) is 9.78 Å². The van der Waals surface area contributed by atoms with Gasteiger partial charge >= 0.3 is 0 Å². The summed E-state index contributed by atoms with van der Waals surface area (Å²) in [5.41, 5.74) is 6.88. The summed E-state index contributed by atoms with van der Waals surface area (Å²) in [5, 5.41) is 4.18. The fourth-order valence-electron chi connectivity index (χ4n) is 1.08. The maximum atomic E-state index is 5.66. The molecular formula is C8H14BrN3. The molecule has 0 spiro atoms. The van der Waals surface area contributed by atoms with Crippen molar-refractivity contribution in [3.05, 3.63) is 16.4 Å². The molecule has 0 amide bonds. The summed E-state index contributed by atoms with van der Waals surface area (Å²) in [6, 6.07) is 2.29. The van der Waals surface area contributed by atoms with Crippen molar-refractivity contribution in [3.8, 4) is 0 Å². The zero-order chi connectivity index (χ0) is 9.14. The second kappa shape index (κ2) is 4.05. The number of hydrogen-bond donors (Lipinski definition) is 1. The molecule has 1 aromatic heterocycles. The molecule has 0 saturated heterocycles. The highest BCUT2D eigenvalue weighted by atomic mass is 79.9. The Morgan fingerprint density at radius 2 is 2.42 bits per heavy atom. The van der Waals surface area contributed by atoms with Crippen LogP contribution in [0.3, 0.4) is 0 Å². The minimum atomic E-state index is 0.263. The van der Waals surface area contributed by atoms with Crippen molar-refractivity contribution in [2.24, 2.45) is 12.8 Å². The van der Waals surface area contributed by atoms with Gasteiger partial charge < -0.3 is 5.73 Å². The van der Waals surface area contributed by atoms with Crippen LogP contribution in [0, 0.1) is 0 Å². The number of nitrogens with two attached hydrogens (primary N) is 1. The molecule has 68 valence electrons. The van der Waals surface area contributed by atoms with E-state index in [1.807, 2.05) is 24.7 Å². The van der Waals surface area contributed by atoms with Crippen molar-refractivity contribution >= 4 is 15.9 Å². The highest BCUT2D eigenvalue weighted by Crippen LogP contribution is 2.11. The van der Waals surface area contributed by atoms with Crippen LogP contribution in [0.25, 0.3) is 0 Å². The van der Waals surface area contributed by atoms with E-state index in [4.69, 9.17) is 5.73 Å². The second-order valence-corrected chi connectivity index (χ2v) is 3.91. The lowest BCUT2D eigenvalue weighted by molar-refractivity contribution is 0.623. The van der Waals surface area contributed by atoms with Crippen molar-refractivity contribution in [2.75, 3.05) is 0 Å². The fourth-order valence-corrected chi connectivity index (χ4v) is 1.58. The largest absolute Gasteiger partial charge is 0.328 e. The first kappa shape index (κ1) is 9.74. The molecule has 1 unspecified atom stereocenters. The average Bonchev–Trinajstić information content (AvgIpc) is 2.26.